The molecular formula is C19H24N2O4. The summed E-state index contributed by atoms with van der Waals surface area (Å²) in [6, 6.07) is 14.7. The van der Waals surface area contributed by atoms with Crippen LogP contribution in [-0.2, 0) is 4.79 Å². The van der Waals surface area contributed by atoms with Crippen molar-refractivity contribution < 1.29 is 19.0 Å². The first-order valence-electron chi connectivity index (χ1n) is 8.13. The van der Waals surface area contributed by atoms with Crippen molar-refractivity contribution >= 4 is 11.6 Å². The van der Waals surface area contributed by atoms with Gasteiger partial charge in [0, 0.05) is 31.3 Å². The number of benzene rings is 2. The third-order valence-corrected chi connectivity index (χ3v) is 3.49. The second-order valence-electron chi connectivity index (χ2n) is 5.30. The minimum absolute atomic E-state index is 0.0446. The molecule has 6 nitrogen and oxygen atoms in total. The van der Waals surface area contributed by atoms with Gasteiger partial charge in [-0.05, 0) is 36.4 Å². The fourth-order valence-electron chi connectivity index (χ4n) is 2.16. The summed E-state index contributed by atoms with van der Waals surface area (Å²) < 4.78 is 15.8. The van der Waals surface area contributed by atoms with E-state index in [0.717, 1.165) is 17.2 Å². The van der Waals surface area contributed by atoms with Gasteiger partial charge in [-0.3, -0.25) is 4.79 Å². The van der Waals surface area contributed by atoms with E-state index in [1.807, 2.05) is 42.5 Å². The Morgan fingerprint density at radius 2 is 1.64 bits per heavy atom. The monoisotopic (exact) mass is 344 g/mol. The van der Waals surface area contributed by atoms with Crippen LogP contribution in [-0.4, -0.2) is 39.8 Å². The van der Waals surface area contributed by atoms with Gasteiger partial charge in [0.1, 0.15) is 23.9 Å². The summed E-state index contributed by atoms with van der Waals surface area (Å²) in [6.45, 7) is 1.78. The van der Waals surface area contributed by atoms with Gasteiger partial charge < -0.3 is 24.8 Å². The fourth-order valence-corrected chi connectivity index (χ4v) is 2.16. The highest BCUT2D eigenvalue weighted by atomic mass is 16.5. The maximum absolute atomic E-state index is 11.9. The van der Waals surface area contributed by atoms with Gasteiger partial charge in [0.05, 0.1) is 14.2 Å². The number of hydrogen-bond donors (Lipinski definition) is 2. The number of nitrogens with one attached hydrogen (secondary N) is 2. The van der Waals surface area contributed by atoms with Crippen LogP contribution in [0.1, 0.15) is 6.42 Å². The molecule has 0 fully saturated rings. The van der Waals surface area contributed by atoms with Gasteiger partial charge in [0.15, 0.2) is 0 Å². The molecule has 2 aromatic carbocycles. The zero-order valence-corrected chi connectivity index (χ0v) is 14.6. The molecule has 0 aromatic heterocycles. The molecule has 0 unspecified atom stereocenters. The van der Waals surface area contributed by atoms with Crippen molar-refractivity contribution in [3.8, 4) is 17.2 Å². The average Bonchev–Trinajstić information content (AvgIpc) is 2.65. The van der Waals surface area contributed by atoms with E-state index in [9.17, 15) is 4.79 Å². The van der Waals surface area contributed by atoms with E-state index >= 15 is 0 Å². The molecule has 0 bridgehead atoms. The summed E-state index contributed by atoms with van der Waals surface area (Å²) in [5.41, 5.74) is 0.729. The molecule has 0 radical (unpaired) electrons. The molecule has 6 heteroatoms. The standard InChI is InChI=1S/C19H24N2O4/c1-23-16-6-8-17(9-7-16)25-13-12-20-11-10-19(22)21-15-4-3-5-18(14-15)24-2/h3-9,14,20H,10-13H2,1-2H3,(H,21,22). The van der Waals surface area contributed by atoms with Crippen LogP contribution in [0.5, 0.6) is 17.2 Å². The maximum Gasteiger partial charge on any atom is 0.225 e. The first-order chi connectivity index (χ1) is 12.2. The molecule has 2 aromatic rings. The van der Waals surface area contributed by atoms with E-state index in [0.29, 0.717) is 31.9 Å². The van der Waals surface area contributed by atoms with Gasteiger partial charge >= 0.3 is 0 Å². The van der Waals surface area contributed by atoms with Crippen molar-refractivity contribution in [2.75, 3.05) is 39.2 Å². The van der Waals surface area contributed by atoms with Crippen LogP contribution in [0.2, 0.25) is 0 Å². The average molecular weight is 344 g/mol. The fraction of sp³-hybridized carbons (Fsp3) is 0.316. The van der Waals surface area contributed by atoms with E-state index in [1.165, 1.54) is 0 Å². The highest BCUT2D eigenvalue weighted by molar-refractivity contribution is 5.90. The van der Waals surface area contributed by atoms with Crippen LogP contribution in [0.3, 0.4) is 0 Å². The van der Waals surface area contributed by atoms with Crippen molar-refractivity contribution in [1.82, 2.24) is 5.32 Å². The quantitative estimate of drug-likeness (QED) is 0.649. The van der Waals surface area contributed by atoms with Crippen molar-refractivity contribution in [3.63, 3.8) is 0 Å². The molecule has 0 saturated carbocycles. The second kappa shape index (κ2) is 10.2. The Bertz CT molecular complexity index is 659. The number of amides is 1. The van der Waals surface area contributed by atoms with E-state index in [2.05, 4.69) is 10.6 Å². The lowest BCUT2D eigenvalue weighted by Gasteiger charge is -2.09. The minimum atomic E-state index is -0.0446. The Morgan fingerprint density at radius 1 is 0.920 bits per heavy atom. The molecular weight excluding hydrogens is 320 g/mol. The highest BCUT2D eigenvalue weighted by Gasteiger charge is 2.03. The van der Waals surface area contributed by atoms with Crippen LogP contribution >= 0.6 is 0 Å². The van der Waals surface area contributed by atoms with Crippen LogP contribution in [0.4, 0.5) is 5.69 Å². The third-order valence-electron chi connectivity index (χ3n) is 3.49. The lowest BCUT2D eigenvalue weighted by atomic mass is 10.3. The predicted octanol–water partition coefficient (Wildman–Crippen LogP) is 2.70. The van der Waals surface area contributed by atoms with Gasteiger partial charge in [-0.15, -0.1) is 0 Å². The minimum Gasteiger partial charge on any atom is -0.497 e. The number of carbonyl (C=O) groups excluding carboxylic acids is 1. The molecule has 0 heterocycles. The van der Waals surface area contributed by atoms with Crippen molar-refractivity contribution in [3.05, 3.63) is 48.5 Å². The first kappa shape index (κ1) is 18.6. The molecule has 25 heavy (non-hydrogen) atoms. The summed E-state index contributed by atoms with van der Waals surface area (Å²) in [5.74, 6) is 2.26. The van der Waals surface area contributed by atoms with Gasteiger partial charge in [0.25, 0.3) is 0 Å². The number of anilines is 1. The Labute approximate surface area is 148 Å². The zero-order valence-electron chi connectivity index (χ0n) is 14.6. The smallest absolute Gasteiger partial charge is 0.225 e. The molecule has 0 saturated heterocycles. The number of methoxy groups -OCH3 is 2. The number of carbonyl (C=O) groups is 1. The summed E-state index contributed by atoms with van der Waals surface area (Å²) in [6.07, 6.45) is 0.389. The molecule has 0 spiro atoms. The SMILES string of the molecule is COc1ccc(OCCNCCC(=O)Nc2cccc(OC)c2)cc1. The summed E-state index contributed by atoms with van der Waals surface area (Å²) in [5, 5.41) is 6.02. The number of hydrogen-bond acceptors (Lipinski definition) is 5. The maximum atomic E-state index is 11.9. The second-order valence-corrected chi connectivity index (χ2v) is 5.30. The number of ether oxygens (including phenoxy) is 3. The predicted molar refractivity (Wildman–Crippen MR) is 97.6 cm³/mol. The summed E-state index contributed by atoms with van der Waals surface area (Å²) in [4.78, 5) is 11.9. The third kappa shape index (κ3) is 6.73. The largest absolute Gasteiger partial charge is 0.497 e. The van der Waals surface area contributed by atoms with E-state index in [-0.39, 0.29) is 5.91 Å². The van der Waals surface area contributed by atoms with Crippen LogP contribution in [0, 0.1) is 0 Å². The topological polar surface area (TPSA) is 68.8 Å². The lowest BCUT2D eigenvalue weighted by molar-refractivity contribution is -0.116. The van der Waals surface area contributed by atoms with Gasteiger partial charge in [-0.25, -0.2) is 0 Å². The summed E-state index contributed by atoms with van der Waals surface area (Å²) >= 11 is 0. The van der Waals surface area contributed by atoms with Crippen LogP contribution < -0.4 is 24.8 Å². The molecule has 0 aliphatic heterocycles. The first-order valence-corrected chi connectivity index (χ1v) is 8.13. The molecule has 0 atom stereocenters. The Hall–Kier alpha value is -2.73. The Morgan fingerprint density at radius 3 is 2.36 bits per heavy atom. The Balaban J connectivity index is 1.58. The normalized spacial score (nSPS) is 10.2. The molecule has 1 amide bonds. The van der Waals surface area contributed by atoms with Gasteiger partial charge in [0.2, 0.25) is 5.91 Å². The highest BCUT2D eigenvalue weighted by Crippen LogP contribution is 2.17. The molecule has 2 N–H and O–H groups in total. The van der Waals surface area contributed by atoms with Gasteiger partial charge in [-0.2, -0.15) is 0 Å². The summed E-state index contributed by atoms with van der Waals surface area (Å²) in [7, 11) is 3.23. The molecule has 2 rings (SSSR count). The van der Waals surface area contributed by atoms with Crippen molar-refractivity contribution in [1.29, 1.82) is 0 Å². The lowest BCUT2D eigenvalue weighted by Crippen LogP contribution is -2.25. The zero-order chi connectivity index (χ0) is 17.9. The van der Waals surface area contributed by atoms with Gasteiger partial charge in [-0.1, -0.05) is 6.07 Å². The van der Waals surface area contributed by atoms with E-state index in [1.54, 1.807) is 20.3 Å². The Kier molecular flexibility index (Phi) is 7.59. The molecule has 0 aliphatic carbocycles. The van der Waals surface area contributed by atoms with E-state index < -0.39 is 0 Å². The van der Waals surface area contributed by atoms with E-state index in [4.69, 9.17) is 14.2 Å². The molecule has 0 aliphatic rings. The molecule has 134 valence electrons. The van der Waals surface area contributed by atoms with Crippen molar-refractivity contribution in [2.24, 2.45) is 0 Å². The van der Waals surface area contributed by atoms with Crippen molar-refractivity contribution in [2.45, 2.75) is 6.42 Å². The number of rotatable bonds is 10. The van der Waals surface area contributed by atoms with Crippen LogP contribution in [0.25, 0.3) is 0 Å². The van der Waals surface area contributed by atoms with Crippen LogP contribution in [0.15, 0.2) is 48.5 Å².